The number of rotatable bonds is 1. The topological polar surface area (TPSA) is 63.4 Å². The van der Waals surface area contributed by atoms with Crippen molar-refractivity contribution in [3.63, 3.8) is 0 Å². The Bertz CT molecular complexity index is 538. The molecule has 4 heteroatoms. The zero-order chi connectivity index (χ0) is 12.8. The van der Waals surface area contributed by atoms with Crippen molar-refractivity contribution in [2.45, 2.75) is 18.3 Å². The van der Waals surface area contributed by atoms with Crippen LogP contribution < -0.4 is 5.84 Å². The number of amides is 2. The van der Waals surface area contributed by atoms with Crippen LogP contribution in [-0.4, -0.2) is 16.8 Å². The zero-order valence-electron chi connectivity index (χ0n) is 9.87. The van der Waals surface area contributed by atoms with Crippen molar-refractivity contribution in [3.8, 4) is 0 Å². The van der Waals surface area contributed by atoms with Gasteiger partial charge >= 0.3 is 0 Å². The normalized spacial score (nSPS) is 30.7. The lowest BCUT2D eigenvalue weighted by Crippen LogP contribution is -2.42. The molecule has 1 aliphatic carbocycles. The van der Waals surface area contributed by atoms with Crippen molar-refractivity contribution >= 4 is 11.8 Å². The van der Waals surface area contributed by atoms with Gasteiger partial charge in [-0.1, -0.05) is 42.5 Å². The molecule has 0 aromatic heterocycles. The summed E-state index contributed by atoms with van der Waals surface area (Å²) in [5, 5.41) is 0.785. The maximum absolute atomic E-state index is 12.4. The third-order valence-electron chi connectivity index (χ3n) is 3.91. The second-order valence-corrected chi connectivity index (χ2v) is 4.78. The smallest absolute Gasteiger partial charge is 0.258 e. The molecule has 2 amide bonds. The minimum atomic E-state index is -0.884. The van der Waals surface area contributed by atoms with Crippen molar-refractivity contribution in [1.82, 2.24) is 5.01 Å². The van der Waals surface area contributed by atoms with Crippen LogP contribution in [0.25, 0.3) is 0 Å². The van der Waals surface area contributed by atoms with Gasteiger partial charge in [0.25, 0.3) is 5.91 Å². The largest absolute Gasteiger partial charge is 0.273 e. The number of hydrogen-bond donors (Lipinski definition) is 1. The van der Waals surface area contributed by atoms with E-state index >= 15 is 0 Å². The first kappa shape index (κ1) is 11.2. The molecule has 4 nitrogen and oxygen atoms in total. The van der Waals surface area contributed by atoms with Crippen LogP contribution in [0.3, 0.4) is 0 Å². The number of hydrazine groups is 1. The number of hydrogen-bond acceptors (Lipinski definition) is 3. The summed E-state index contributed by atoms with van der Waals surface area (Å²) in [6.45, 7) is 0. The number of benzene rings is 1. The summed E-state index contributed by atoms with van der Waals surface area (Å²) in [5.41, 5.74) is -0.0389. The molecular formula is C14H14N2O2. The third-order valence-corrected chi connectivity index (χ3v) is 3.91. The Labute approximate surface area is 105 Å². The van der Waals surface area contributed by atoms with Crippen LogP contribution in [0.15, 0.2) is 42.5 Å². The Hall–Kier alpha value is -1.94. The number of carbonyl (C=O) groups excluding carboxylic acids is 2. The van der Waals surface area contributed by atoms with E-state index < -0.39 is 5.41 Å². The Balaban J connectivity index is 2.22. The Morgan fingerprint density at radius 2 is 1.94 bits per heavy atom. The average Bonchev–Trinajstić information content (AvgIpc) is 2.63. The van der Waals surface area contributed by atoms with E-state index in [2.05, 4.69) is 0 Å². The Morgan fingerprint density at radius 1 is 1.22 bits per heavy atom. The molecule has 0 saturated carbocycles. The minimum absolute atomic E-state index is 0.270. The van der Waals surface area contributed by atoms with Crippen LogP contribution in [0.5, 0.6) is 0 Å². The molecule has 92 valence electrons. The molecule has 2 unspecified atom stereocenters. The molecule has 1 heterocycles. The maximum atomic E-state index is 12.4. The predicted molar refractivity (Wildman–Crippen MR) is 66.0 cm³/mol. The molecule has 1 aromatic carbocycles. The van der Waals surface area contributed by atoms with E-state index in [-0.39, 0.29) is 17.7 Å². The highest BCUT2D eigenvalue weighted by Gasteiger charge is 2.58. The molecule has 0 spiro atoms. The average molecular weight is 242 g/mol. The second-order valence-electron chi connectivity index (χ2n) is 4.78. The molecule has 1 aromatic rings. The van der Waals surface area contributed by atoms with Crippen molar-refractivity contribution in [2.24, 2.45) is 11.8 Å². The van der Waals surface area contributed by atoms with Crippen molar-refractivity contribution < 1.29 is 9.59 Å². The van der Waals surface area contributed by atoms with Gasteiger partial charge in [-0.2, -0.15) is 0 Å². The van der Waals surface area contributed by atoms with E-state index in [0.717, 1.165) is 17.0 Å². The molecule has 0 bridgehead atoms. The van der Waals surface area contributed by atoms with E-state index in [1.54, 1.807) is 0 Å². The lowest BCUT2D eigenvalue weighted by molar-refractivity contribution is -0.140. The first-order chi connectivity index (χ1) is 8.68. The number of nitrogens with zero attached hydrogens (tertiary/aromatic N) is 1. The number of fused-ring (bicyclic) bond motifs is 1. The molecule has 1 aliphatic heterocycles. The predicted octanol–water partition coefficient (Wildman–Crippen LogP) is 1.13. The monoisotopic (exact) mass is 242 g/mol. The first-order valence-corrected chi connectivity index (χ1v) is 6.04. The number of carbonyl (C=O) groups is 2. The summed E-state index contributed by atoms with van der Waals surface area (Å²) in [6.07, 6.45) is 5.30. The van der Waals surface area contributed by atoms with Crippen LogP contribution in [0.4, 0.5) is 0 Å². The highest BCUT2D eigenvalue weighted by molar-refractivity contribution is 6.11. The van der Waals surface area contributed by atoms with E-state index in [1.165, 1.54) is 0 Å². The van der Waals surface area contributed by atoms with Crippen LogP contribution in [0.1, 0.15) is 18.4 Å². The van der Waals surface area contributed by atoms with E-state index in [9.17, 15) is 9.59 Å². The maximum Gasteiger partial charge on any atom is 0.258 e. The fourth-order valence-electron chi connectivity index (χ4n) is 3.02. The van der Waals surface area contributed by atoms with Gasteiger partial charge in [0.1, 0.15) is 5.41 Å². The zero-order valence-corrected chi connectivity index (χ0v) is 9.87. The Kier molecular flexibility index (Phi) is 2.35. The van der Waals surface area contributed by atoms with Crippen molar-refractivity contribution in [2.75, 3.05) is 0 Å². The quantitative estimate of drug-likeness (QED) is 0.347. The summed E-state index contributed by atoms with van der Waals surface area (Å²) in [6, 6.07) is 9.41. The summed E-state index contributed by atoms with van der Waals surface area (Å²) in [5.74, 6) is 4.66. The molecule has 2 aliphatic rings. The van der Waals surface area contributed by atoms with Gasteiger partial charge < -0.3 is 0 Å². The highest BCUT2D eigenvalue weighted by Crippen LogP contribution is 2.46. The van der Waals surface area contributed by atoms with Crippen LogP contribution >= 0.6 is 0 Å². The molecule has 1 fully saturated rings. The molecule has 0 radical (unpaired) electrons. The highest BCUT2D eigenvalue weighted by atomic mass is 16.2. The second kappa shape index (κ2) is 3.78. The minimum Gasteiger partial charge on any atom is -0.273 e. The van der Waals surface area contributed by atoms with Gasteiger partial charge in [-0.25, -0.2) is 10.9 Å². The van der Waals surface area contributed by atoms with Gasteiger partial charge in [0.15, 0.2) is 0 Å². The fraction of sp³-hybridized carbons (Fsp3) is 0.286. The number of allylic oxidation sites excluding steroid dienone is 1. The Morgan fingerprint density at radius 3 is 2.67 bits per heavy atom. The van der Waals surface area contributed by atoms with Crippen LogP contribution in [-0.2, 0) is 15.0 Å². The number of imide groups is 1. The summed E-state index contributed by atoms with van der Waals surface area (Å²) in [7, 11) is 0. The van der Waals surface area contributed by atoms with Crippen LogP contribution in [0, 0.1) is 5.92 Å². The van der Waals surface area contributed by atoms with Crippen molar-refractivity contribution in [1.29, 1.82) is 0 Å². The standard InChI is InChI=1S/C14H14N2O2/c15-16-12(17)11-8-4-5-9-14(11,13(16)18)10-6-2-1-3-7-10/h1-3,5-7,9,11H,4,8,15H2. The molecule has 1 saturated heterocycles. The number of nitrogens with two attached hydrogens (primary N) is 1. The molecule has 2 N–H and O–H groups in total. The molecule has 2 atom stereocenters. The van der Waals surface area contributed by atoms with Gasteiger partial charge in [-0.3, -0.25) is 9.59 Å². The van der Waals surface area contributed by atoms with Gasteiger partial charge in [-0.05, 0) is 18.4 Å². The van der Waals surface area contributed by atoms with Gasteiger partial charge in [0.05, 0.1) is 5.92 Å². The first-order valence-electron chi connectivity index (χ1n) is 6.04. The third kappa shape index (κ3) is 1.24. The molecule has 18 heavy (non-hydrogen) atoms. The van der Waals surface area contributed by atoms with E-state index in [1.807, 2.05) is 42.5 Å². The molecule has 3 rings (SSSR count). The van der Waals surface area contributed by atoms with E-state index in [0.29, 0.717) is 6.42 Å². The summed E-state index contributed by atoms with van der Waals surface area (Å²) in [4.78, 5) is 24.5. The van der Waals surface area contributed by atoms with Crippen molar-refractivity contribution in [3.05, 3.63) is 48.0 Å². The SMILES string of the molecule is NN1C(=O)C2CCC=CC2(c2ccccc2)C1=O. The van der Waals surface area contributed by atoms with Crippen LogP contribution in [0.2, 0.25) is 0 Å². The summed E-state index contributed by atoms with van der Waals surface area (Å²) >= 11 is 0. The van der Waals surface area contributed by atoms with Gasteiger partial charge in [0.2, 0.25) is 5.91 Å². The van der Waals surface area contributed by atoms with Gasteiger partial charge in [0, 0.05) is 0 Å². The van der Waals surface area contributed by atoms with Gasteiger partial charge in [-0.15, -0.1) is 0 Å². The molecular weight excluding hydrogens is 228 g/mol. The van der Waals surface area contributed by atoms with E-state index in [4.69, 9.17) is 5.84 Å². The fourth-order valence-corrected chi connectivity index (χ4v) is 3.02. The summed E-state index contributed by atoms with van der Waals surface area (Å²) < 4.78 is 0. The lowest BCUT2D eigenvalue weighted by Gasteiger charge is -2.31. The lowest BCUT2D eigenvalue weighted by atomic mass is 9.67.